The predicted molar refractivity (Wildman–Crippen MR) is 100 cm³/mol. The van der Waals surface area contributed by atoms with Crippen molar-refractivity contribution < 1.29 is 0 Å². The van der Waals surface area contributed by atoms with Crippen molar-refractivity contribution in [1.29, 1.82) is 0 Å². The topological polar surface area (TPSA) is 38.7 Å². The molecule has 0 radical (unpaired) electrons. The van der Waals surface area contributed by atoms with Crippen molar-refractivity contribution in [1.82, 2.24) is 13.7 Å². The van der Waals surface area contributed by atoms with Crippen molar-refractivity contribution in [2.45, 2.75) is 0 Å². The minimum absolute atomic E-state index is 0.793. The van der Waals surface area contributed by atoms with Crippen molar-refractivity contribution in [2.75, 3.05) is 0 Å². The molecule has 2 aromatic heterocycles. The third-order valence-electron chi connectivity index (χ3n) is 3.53. The van der Waals surface area contributed by atoms with Gasteiger partial charge in [0.05, 0.1) is 22.9 Å². The van der Waals surface area contributed by atoms with Crippen molar-refractivity contribution in [2.24, 2.45) is 0 Å². The van der Waals surface area contributed by atoms with E-state index >= 15 is 0 Å². The second kappa shape index (κ2) is 6.97. The Balaban J connectivity index is 1.73. The van der Waals surface area contributed by atoms with Crippen LogP contribution in [0.1, 0.15) is 22.3 Å². The molecule has 0 aliphatic rings. The Bertz CT molecular complexity index is 1050. The molecule has 4 rings (SSSR count). The summed E-state index contributed by atoms with van der Waals surface area (Å²) in [4.78, 5) is 4.07. The lowest BCUT2D eigenvalue weighted by molar-refractivity contribution is 1.31. The number of aromatic nitrogens is 3. The lowest BCUT2D eigenvalue weighted by Gasteiger charge is -1.96. The molecule has 2 heterocycles. The number of benzene rings is 2. The van der Waals surface area contributed by atoms with Gasteiger partial charge in [0.25, 0.3) is 0 Å². The van der Waals surface area contributed by atoms with Crippen LogP contribution >= 0.6 is 11.7 Å². The monoisotopic (exact) mass is 337 g/mol. The molecule has 0 spiro atoms. The largest absolute Gasteiger partial charge is 0.263 e. The average Bonchev–Trinajstić information content (AvgIpc) is 3.17. The summed E-state index contributed by atoms with van der Waals surface area (Å²) in [7, 11) is 0. The molecule has 2 aromatic carbocycles. The highest BCUT2D eigenvalue weighted by molar-refractivity contribution is 7.00. The number of rotatable bonds is 0. The Kier molecular flexibility index (Phi) is 4.20. The van der Waals surface area contributed by atoms with E-state index in [2.05, 4.69) is 37.4 Å². The van der Waals surface area contributed by atoms with E-state index in [0.29, 0.717) is 0 Å². The van der Waals surface area contributed by atoms with E-state index in [4.69, 9.17) is 0 Å². The van der Waals surface area contributed by atoms with Crippen LogP contribution in [-0.4, -0.2) is 13.7 Å². The fourth-order valence-electron chi connectivity index (χ4n) is 2.31. The zero-order chi connectivity index (χ0) is 16.9. The summed E-state index contributed by atoms with van der Waals surface area (Å²) in [6.07, 6.45) is 3.47. The average molecular weight is 337 g/mol. The molecule has 0 N–H and O–H groups in total. The van der Waals surface area contributed by atoms with Crippen LogP contribution in [0.3, 0.4) is 0 Å². The first-order valence-electron chi connectivity index (χ1n) is 7.64. The molecule has 0 aliphatic heterocycles. The van der Waals surface area contributed by atoms with Crippen molar-refractivity contribution in [3.8, 4) is 23.7 Å². The Morgan fingerprint density at radius 1 is 0.640 bits per heavy atom. The Hall–Kier alpha value is -3.47. The third kappa shape index (κ3) is 3.40. The maximum atomic E-state index is 4.39. The number of nitrogens with zero attached hydrogens (tertiary/aromatic N) is 3. The predicted octanol–water partition coefficient (Wildman–Crippen LogP) is 3.89. The molecule has 25 heavy (non-hydrogen) atoms. The first-order chi connectivity index (χ1) is 12.4. The van der Waals surface area contributed by atoms with E-state index in [1.807, 2.05) is 54.6 Å². The van der Waals surface area contributed by atoms with Crippen LogP contribution in [0.4, 0.5) is 0 Å². The van der Waals surface area contributed by atoms with E-state index in [-0.39, 0.29) is 0 Å². The molecule has 0 saturated carbocycles. The van der Waals surface area contributed by atoms with E-state index in [1.54, 1.807) is 12.4 Å². The molecule has 0 aliphatic carbocycles. The lowest BCUT2D eigenvalue weighted by Crippen LogP contribution is -1.85. The molecule has 0 unspecified atom stereocenters. The van der Waals surface area contributed by atoms with Gasteiger partial charge in [0, 0.05) is 23.5 Å². The number of fused-ring (bicyclic) bond motifs is 1. The van der Waals surface area contributed by atoms with Crippen LogP contribution in [0.25, 0.3) is 11.0 Å². The highest BCUT2D eigenvalue weighted by Gasteiger charge is 2.07. The Morgan fingerprint density at radius 3 is 1.92 bits per heavy atom. The van der Waals surface area contributed by atoms with Gasteiger partial charge in [-0.15, -0.1) is 0 Å². The van der Waals surface area contributed by atoms with Crippen LogP contribution in [-0.2, 0) is 0 Å². The van der Waals surface area contributed by atoms with Crippen LogP contribution in [0, 0.1) is 23.7 Å². The Labute approximate surface area is 149 Å². The summed E-state index contributed by atoms with van der Waals surface area (Å²) in [5.41, 5.74) is 5.14. The van der Waals surface area contributed by atoms with Crippen molar-refractivity contribution in [3.63, 3.8) is 0 Å². The molecular weight excluding hydrogens is 326 g/mol. The van der Waals surface area contributed by atoms with Crippen LogP contribution in [0.5, 0.6) is 0 Å². The van der Waals surface area contributed by atoms with E-state index in [0.717, 1.165) is 33.3 Å². The highest BCUT2D eigenvalue weighted by Crippen LogP contribution is 2.20. The quantitative estimate of drug-likeness (QED) is 0.457. The minimum atomic E-state index is 0.793. The summed E-state index contributed by atoms with van der Waals surface area (Å²) in [5, 5.41) is 0. The molecule has 3 nitrogen and oxygen atoms in total. The van der Waals surface area contributed by atoms with Gasteiger partial charge in [-0.2, -0.15) is 8.75 Å². The van der Waals surface area contributed by atoms with Crippen LogP contribution < -0.4 is 0 Å². The second-order valence-electron chi connectivity index (χ2n) is 5.23. The Morgan fingerprint density at radius 2 is 1.28 bits per heavy atom. The smallest absolute Gasteiger partial charge is 0.121 e. The van der Waals surface area contributed by atoms with Crippen molar-refractivity contribution >= 4 is 22.8 Å². The lowest BCUT2D eigenvalue weighted by atomic mass is 10.1. The van der Waals surface area contributed by atoms with Crippen LogP contribution in [0.15, 0.2) is 67.0 Å². The molecule has 0 fully saturated rings. The first kappa shape index (κ1) is 15.1. The zero-order valence-corrected chi connectivity index (χ0v) is 13.9. The summed E-state index contributed by atoms with van der Waals surface area (Å²) in [6, 6.07) is 17.6. The summed E-state index contributed by atoms with van der Waals surface area (Å²) in [6.45, 7) is 0. The standard InChI is InChI=1S/C21H11N3S/c1-2-5-16(6-3-1)8-10-18-12-13-19(21-20(18)23-25-24-21)11-9-17-7-4-14-22-15-17/h1-7,12-15H. The molecule has 0 atom stereocenters. The molecule has 0 bridgehead atoms. The third-order valence-corrected chi connectivity index (χ3v) is 4.06. The maximum Gasteiger partial charge on any atom is 0.121 e. The maximum absolute atomic E-state index is 4.39. The molecule has 0 amide bonds. The number of pyridine rings is 1. The van der Waals surface area contributed by atoms with Gasteiger partial charge in [0.1, 0.15) is 11.0 Å². The van der Waals surface area contributed by atoms with Gasteiger partial charge in [-0.25, -0.2) is 0 Å². The fraction of sp³-hybridized carbons (Fsp3) is 0. The SMILES string of the molecule is C(#Cc1ccc(C#Cc2cccnc2)c2nsnc12)c1ccccc1. The van der Waals surface area contributed by atoms with Gasteiger partial charge < -0.3 is 0 Å². The molecular formula is C21H11N3S. The number of hydrogen-bond acceptors (Lipinski definition) is 4. The summed E-state index contributed by atoms with van der Waals surface area (Å²) >= 11 is 1.18. The van der Waals surface area contributed by atoms with Gasteiger partial charge in [-0.3, -0.25) is 4.98 Å². The summed E-state index contributed by atoms with van der Waals surface area (Å²) in [5.74, 6) is 12.6. The van der Waals surface area contributed by atoms with E-state index in [9.17, 15) is 0 Å². The van der Waals surface area contributed by atoms with Gasteiger partial charge in [-0.05, 0) is 36.4 Å². The highest BCUT2D eigenvalue weighted by atomic mass is 32.1. The van der Waals surface area contributed by atoms with E-state index < -0.39 is 0 Å². The van der Waals surface area contributed by atoms with Crippen LogP contribution in [0.2, 0.25) is 0 Å². The second-order valence-corrected chi connectivity index (χ2v) is 5.76. The normalized spacial score (nSPS) is 9.76. The zero-order valence-electron chi connectivity index (χ0n) is 13.1. The van der Waals surface area contributed by atoms with Gasteiger partial charge in [0.15, 0.2) is 0 Å². The molecule has 0 saturated heterocycles. The fourth-order valence-corrected chi connectivity index (χ4v) is 2.88. The van der Waals surface area contributed by atoms with Gasteiger partial charge in [-0.1, -0.05) is 41.9 Å². The van der Waals surface area contributed by atoms with E-state index in [1.165, 1.54) is 11.7 Å². The summed E-state index contributed by atoms with van der Waals surface area (Å²) < 4.78 is 8.79. The minimum Gasteiger partial charge on any atom is -0.263 e. The van der Waals surface area contributed by atoms with Crippen molar-refractivity contribution in [3.05, 3.63) is 89.2 Å². The van der Waals surface area contributed by atoms with Gasteiger partial charge >= 0.3 is 0 Å². The number of hydrogen-bond donors (Lipinski definition) is 0. The first-order valence-corrected chi connectivity index (χ1v) is 8.37. The molecule has 4 aromatic rings. The van der Waals surface area contributed by atoms with Gasteiger partial charge in [0.2, 0.25) is 0 Å². The molecule has 116 valence electrons. The molecule has 4 heteroatoms.